The van der Waals surface area contributed by atoms with Gasteiger partial charge in [0, 0.05) is 17.8 Å². The molecule has 6 nitrogen and oxygen atoms in total. The van der Waals surface area contributed by atoms with Crippen LogP contribution in [-0.2, 0) is 11.3 Å². The molecule has 0 fully saturated rings. The molecule has 0 aliphatic rings. The van der Waals surface area contributed by atoms with Crippen molar-refractivity contribution in [1.82, 2.24) is 19.6 Å². The molecule has 0 aliphatic carbocycles. The Morgan fingerprint density at radius 3 is 2.68 bits per heavy atom. The van der Waals surface area contributed by atoms with E-state index in [1.165, 1.54) is 5.56 Å². The zero-order valence-corrected chi connectivity index (χ0v) is 15.5. The minimum atomic E-state index is -0.0215. The van der Waals surface area contributed by atoms with E-state index in [2.05, 4.69) is 42.4 Å². The van der Waals surface area contributed by atoms with Crippen molar-refractivity contribution in [3.05, 3.63) is 41.3 Å². The molecule has 0 aliphatic heterocycles. The van der Waals surface area contributed by atoms with Gasteiger partial charge in [0.1, 0.15) is 0 Å². The molecule has 2 heterocycles. The molecule has 132 valence electrons. The second-order valence-electron chi connectivity index (χ2n) is 6.76. The maximum absolute atomic E-state index is 12.4. The van der Waals surface area contributed by atoms with Crippen molar-refractivity contribution >= 4 is 22.5 Å². The van der Waals surface area contributed by atoms with Crippen LogP contribution in [0.5, 0.6) is 0 Å². The van der Waals surface area contributed by atoms with Crippen molar-refractivity contribution in [1.29, 1.82) is 0 Å². The van der Waals surface area contributed by atoms with E-state index in [1.54, 1.807) is 0 Å². The number of aromatic nitrogens is 4. The number of rotatable bonds is 5. The molecule has 25 heavy (non-hydrogen) atoms. The lowest BCUT2D eigenvalue weighted by atomic mass is 10.2. The van der Waals surface area contributed by atoms with E-state index >= 15 is 0 Å². The monoisotopic (exact) mass is 339 g/mol. The Morgan fingerprint density at radius 2 is 2.00 bits per heavy atom. The fourth-order valence-electron chi connectivity index (χ4n) is 3.25. The van der Waals surface area contributed by atoms with Gasteiger partial charge in [-0.3, -0.25) is 14.2 Å². The van der Waals surface area contributed by atoms with Crippen molar-refractivity contribution in [2.75, 3.05) is 5.32 Å². The molecule has 0 spiro atoms. The standard InChI is InChI=1S/C19H25N5O/c1-12(2)24-15(5)18(14(4)22-24)21-17(25)9-10-23-19-13(3)7-6-8-16(19)11-20-23/h6-8,11-12H,9-10H2,1-5H3,(H,21,25). The summed E-state index contributed by atoms with van der Waals surface area (Å²) < 4.78 is 3.84. The third-order valence-electron chi connectivity index (χ3n) is 4.49. The number of fused-ring (bicyclic) bond motifs is 1. The molecule has 2 aromatic heterocycles. The maximum Gasteiger partial charge on any atom is 0.226 e. The predicted octanol–water partition coefficient (Wildman–Crippen LogP) is 3.77. The SMILES string of the molecule is Cc1nn(C(C)C)c(C)c1NC(=O)CCn1ncc2cccc(C)c21. The summed E-state index contributed by atoms with van der Waals surface area (Å²) in [4.78, 5) is 12.4. The van der Waals surface area contributed by atoms with Crippen LogP contribution in [0.3, 0.4) is 0 Å². The minimum absolute atomic E-state index is 0.0215. The first-order chi connectivity index (χ1) is 11.9. The second kappa shape index (κ2) is 6.70. The number of para-hydroxylation sites is 1. The van der Waals surface area contributed by atoms with Crippen molar-refractivity contribution in [3.8, 4) is 0 Å². The number of nitrogens with zero attached hydrogens (tertiary/aromatic N) is 4. The van der Waals surface area contributed by atoms with Crippen LogP contribution >= 0.6 is 0 Å². The zero-order valence-electron chi connectivity index (χ0n) is 15.5. The van der Waals surface area contributed by atoms with Gasteiger partial charge in [-0.25, -0.2) is 0 Å². The van der Waals surface area contributed by atoms with Gasteiger partial charge in [-0.15, -0.1) is 0 Å². The van der Waals surface area contributed by atoms with Gasteiger partial charge in [0.25, 0.3) is 0 Å². The number of carbonyl (C=O) groups is 1. The Morgan fingerprint density at radius 1 is 1.24 bits per heavy atom. The van der Waals surface area contributed by atoms with Crippen LogP contribution in [0.1, 0.15) is 43.3 Å². The van der Waals surface area contributed by atoms with Gasteiger partial charge in [0.15, 0.2) is 0 Å². The first kappa shape index (κ1) is 17.2. The lowest BCUT2D eigenvalue weighted by molar-refractivity contribution is -0.116. The second-order valence-corrected chi connectivity index (χ2v) is 6.76. The number of benzene rings is 1. The van der Waals surface area contributed by atoms with Crippen molar-refractivity contribution in [2.45, 2.75) is 53.6 Å². The minimum Gasteiger partial charge on any atom is -0.323 e. The van der Waals surface area contributed by atoms with E-state index in [0.717, 1.165) is 28.0 Å². The fourth-order valence-corrected chi connectivity index (χ4v) is 3.25. The van der Waals surface area contributed by atoms with E-state index < -0.39 is 0 Å². The summed E-state index contributed by atoms with van der Waals surface area (Å²) in [5.74, 6) is -0.0215. The fraction of sp³-hybridized carbons (Fsp3) is 0.421. The molecule has 1 aromatic carbocycles. The summed E-state index contributed by atoms with van der Waals surface area (Å²) in [6.45, 7) is 10.7. The topological polar surface area (TPSA) is 64.7 Å². The Hall–Kier alpha value is -2.63. The van der Waals surface area contributed by atoms with E-state index in [1.807, 2.05) is 41.5 Å². The number of nitrogens with one attached hydrogen (secondary N) is 1. The van der Waals surface area contributed by atoms with Crippen LogP contribution in [0.2, 0.25) is 0 Å². The molecule has 1 amide bonds. The number of hydrogen-bond donors (Lipinski definition) is 1. The molecular formula is C19H25N5O. The van der Waals surface area contributed by atoms with Gasteiger partial charge in [-0.05, 0) is 40.2 Å². The Balaban J connectivity index is 1.71. The molecule has 0 bridgehead atoms. The first-order valence-corrected chi connectivity index (χ1v) is 8.65. The molecule has 0 saturated carbocycles. The van der Waals surface area contributed by atoms with Crippen LogP contribution in [-0.4, -0.2) is 25.5 Å². The third kappa shape index (κ3) is 3.29. The number of amides is 1. The zero-order chi connectivity index (χ0) is 18.1. The van der Waals surface area contributed by atoms with E-state index in [4.69, 9.17) is 0 Å². The summed E-state index contributed by atoms with van der Waals surface area (Å²) >= 11 is 0. The van der Waals surface area contributed by atoms with Gasteiger partial charge in [-0.2, -0.15) is 10.2 Å². The number of hydrogen-bond acceptors (Lipinski definition) is 3. The van der Waals surface area contributed by atoms with Crippen molar-refractivity contribution in [2.24, 2.45) is 0 Å². The molecule has 0 unspecified atom stereocenters. The Bertz CT molecular complexity index is 919. The summed E-state index contributed by atoms with van der Waals surface area (Å²) in [6, 6.07) is 6.39. The van der Waals surface area contributed by atoms with Crippen LogP contribution in [0.25, 0.3) is 10.9 Å². The van der Waals surface area contributed by atoms with Crippen LogP contribution in [0.4, 0.5) is 5.69 Å². The van der Waals surface area contributed by atoms with E-state index in [-0.39, 0.29) is 11.9 Å². The Labute approximate surface area is 147 Å². The smallest absolute Gasteiger partial charge is 0.226 e. The lowest BCUT2D eigenvalue weighted by Gasteiger charge is -2.10. The van der Waals surface area contributed by atoms with Gasteiger partial charge in [0.2, 0.25) is 5.91 Å². The molecule has 0 saturated heterocycles. The van der Waals surface area contributed by atoms with Gasteiger partial charge in [-0.1, -0.05) is 18.2 Å². The Kier molecular flexibility index (Phi) is 4.61. The quantitative estimate of drug-likeness (QED) is 0.769. The highest BCUT2D eigenvalue weighted by molar-refractivity contribution is 5.92. The molecule has 3 rings (SSSR count). The summed E-state index contributed by atoms with van der Waals surface area (Å²) in [5, 5.41) is 13.0. The molecule has 6 heteroatoms. The summed E-state index contributed by atoms with van der Waals surface area (Å²) in [7, 11) is 0. The van der Waals surface area contributed by atoms with Crippen molar-refractivity contribution in [3.63, 3.8) is 0 Å². The maximum atomic E-state index is 12.4. The first-order valence-electron chi connectivity index (χ1n) is 8.65. The van der Waals surface area contributed by atoms with Gasteiger partial charge in [0.05, 0.1) is 35.3 Å². The normalized spacial score (nSPS) is 11.4. The van der Waals surface area contributed by atoms with Crippen LogP contribution < -0.4 is 5.32 Å². The molecule has 1 N–H and O–H groups in total. The van der Waals surface area contributed by atoms with Gasteiger partial charge >= 0.3 is 0 Å². The summed E-state index contributed by atoms with van der Waals surface area (Å²) in [5.41, 5.74) is 4.91. The van der Waals surface area contributed by atoms with E-state index in [0.29, 0.717) is 13.0 Å². The number of anilines is 1. The molecule has 0 radical (unpaired) electrons. The average molecular weight is 339 g/mol. The van der Waals surface area contributed by atoms with E-state index in [9.17, 15) is 4.79 Å². The highest BCUT2D eigenvalue weighted by Crippen LogP contribution is 2.23. The molecule has 3 aromatic rings. The molecule has 0 atom stereocenters. The third-order valence-corrected chi connectivity index (χ3v) is 4.49. The largest absolute Gasteiger partial charge is 0.323 e. The van der Waals surface area contributed by atoms with Crippen molar-refractivity contribution < 1.29 is 4.79 Å². The molecular weight excluding hydrogens is 314 g/mol. The highest BCUT2D eigenvalue weighted by atomic mass is 16.1. The lowest BCUT2D eigenvalue weighted by Crippen LogP contribution is -2.16. The number of aryl methyl sites for hydroxylation is 3. The average Bonchev–Trinajstić information content (AvgIpc) is 3.10. The van der Waals surface area contributed by atoms with Crippen LogP contribution in [0, 0.1) is 20.8 Å². The van der Waals surface area contributed by atoms with Crippen LogP contribution in [0.15, 0.2) is 24.4 Å². The number of carbonyl (C=O) groups excluding carboxylic acids is 1. The highest BCUT2D eigenvalue weighted by Gasteiger charge is 2.16. The van der Waals surface area contributed by atoms with Gasteiger partial charge < -0.3 is 5.32 Å². The summed E-state index contributed by atoms with van der Waals surface area (Å²) in [6.07, 6.45) is 2.22. The predicted molar refractivity (Wildman–Crippen MR) is 99.8 cm³/mol.